The molecule has 39 heavy (non-hydrogen) atoms. The molecule has 0 aliphatic rings. The summed E-state index contributed by atoms with van der Waals surface area (Å²) in [4.78, 5) is 26.3. The lowest BCUT2D eigenvalue weighted by molar-refractivity contribution is -0.148. The molecular weight excluding hydrogens is 500 g/mol. The van der Waals surface area contributed by atoms with Gasteiger partial charge in [-0.05, 0) is 56.7 Å². The highest BCUT2D eigenvalue weighted by Crippen LogP contribution is 2.19. The van der Waals surface area contributed by atoms with Crippen molar-refractivity contribution in [2.75, 3.05) is 6.61 Å². The van der Waals surface area contributed by atoms with Crippen molar-refractivity contribution in [3.8, 4) is 0 Å². The molecule has 0 radical (unpaired) electrons. The standard InChI is InChI=1S/C33H48N2O3Si/c1-26(34)24-30(20-12-18-28-14-8-6-9-15-28)32(36)35-27(2)25-31(33(37)38-22-23-39(3,4)5)21-13-19-29-16-10-7-11-17-29/h6-19,26-27,30-31H,20-25,34H2,1-5H3,(H,35,36)/b18-12+,19-13+/t26-,27-,30+,31+/m0/s1. The number of ether oxygens (including phenoxy) is 1. The third-order valence-corrected chi connectivity index (χ3v) is 8.25. The Balaban J connectivity index is 2.02. The molecule has 0 aliphatic heterocycles. The fourth-order valence-electron chi connectivity index (χ4n) is 4.33. The zero-order valence-corrected chi connectivity index (χ0v) is 25.4. The van der Waals surface area contributed by atoms with E-state index in [4.69, 9.17) is 10.5 Å². The van der Waals surface area contributed by atoms with Gasteiger partial charge in [0, 0.05) is 26.1 Å². The van der Waals surface area contributed by atoms with Crippen LogP contribution in [0.5, 0.6) is 0 Å². The second-order valence-corrected chi connectivity index (χ2v) is 17.4. The zero-order chi connectivity index (χ0) is 28.7. The molecule has 0 aliphatic carbocycles. The van der Waals surface area contributed by atoms with Crippen LogP contribution >= 0.6 is 0 Å². The first kappa shape index (κ1) is 32.2. The fraction of sp³-hybridized carbons (Fsp3) is 0.455. The summed E-state index contributed by atoms with van der Waals surface area (Å²) in [7, 11) is -1.31. The number of amides is 1. The van der Waals surface area contributed by atoms with E-state index >= 15 is 0 Å². The smallest absolute Gasteiger partial charge is 0.309 e. The highest BCUT2D eigenvalue weighted by Gasteiger charge is 2.26. The van der Waals surface area contributed by atoms with Crippen LogP contribution in [0.1, 0.15) is 50.7 Å². The van der Waals surface area contributed by atoms with Crippen molar-refractivity contribution in [2.45, 2.75) is 77.3 Å². The average molecular weight is 549 g/mol. The molecule has 0 saturated heterocycles. The molecular formula is C33H48N2O3Si. The maximum atomic E-state index is 13.2. The SMILES string of the molecule is C[C@H](N)C[C@@H](C/C=C/c1ccccc1)C(=O)N[C@@H](C)C[C@@H](C/C=C/c1ccccc1)C(=O)OCC[Si](C)(C)C. The van der Waals surface area contributed by atoms with Crippen molar-refractivity contribution in [2.24, 2.45) is 17.6 Å². The number of nitrogens with two attached hydrogens (primary N) is 1. The van der Waals surface area contributed by atoms with Gasteiger partial charge in [0.1, 0.15) is 0 Å². The molecule has 2 aromatic carbocycles. The predicted octanol–water partition coefficient (Wildman–Crippen LogP) is 6.94. The Labute approximate surface area is 236 Å². The Kier molecular flexibility index (Phi) is 14.0. The minimum Gasteiger partial charge on any atom is -0.466 e. The van der Waals surface area contributed by atoms with Crippen LogP contribution in [-0.2, 0) is 14.3 Å². The van der Waals surface area contributed by atoms with Gasteiger partial charge in [-0.15, -0.1) is 0 Å². The van der Waals surface area contributed by atoms with Gasteiger partial charge < -0.3 is 15.8 Å². The summed E-state index contributed by atoms with van der Waals surface area (Å²) in [6.07, 6.45) is 10.4. The minimum absolute atomic E-state index is 0.0248. The van der Waals surface area contributed by atoms with Crippen molar-refractivity contribution >= 4 is 32.1 Å². The Bertz CT molecular complexity index is 1050. The second-order valence-electron chi connectivity index (χ2n) is 11.8. The molecule has 0 fully saturated rings. The molecule has 2 aromatic rings. The van der Waals surface area contributed by atoms with Crippen LogP contribution in [0, 0.1) is 11.8 Å². The molecule has 2 rings (SSSR count). The van der Waals surface area contributed by atoms with Crippen molar-refractivity contribution in [1.29, 1.82) is 0 Å². The number of allylic oxidation sites excluding steroid dienone is 2. The highest BCUT2D eigenvalue weighted by atomic mass is 28.3. The summed E-state index contributed by atoms with van der Waals surface area (Å²) in [6.45, 7) is 11.2. The van der Waals surface area contributed by atoms with E-state index in [1.807, 2.05) is 98.8 Å². The Morgan fingerprint density at radius 3 is 1.85 bits per heavy atom. The monoisotopic (exact) mass is 548 g/mol. The van der Waals surface area contributed by atoms with Crippen molar-refractivity contribution in [1.82, 2.24) is 5.32 Å². The summed E-state index contributed by atoms with van der Waals surface area (Å²) in [5.74, 6) is -0.771. The van der Waals surface area contributed by atoms with Gasteiger partial charge in [-0.25, -0.2) is 0 Å². The predicted molar refractivity (Wildman–Crippen MR) is 167 cm³/mol. The number of esters is 1. The molecule has 0 spiro atoms. The van der Waals surface area contributed by atoms with Crippen molar-refractivity contribution in [3.63, 3.8) is 0 Å². The van der Waals surface area contributed by atoms with E-state index < -0.39 is 8.07 Å². The summed E-state index contributed by atoms with van der Waals surface area (Å²) < 4.78 is 5.71. The van der Waals surface area contributed by atoms with Gasteiger partial charge in [0.2, 0.25) is 5.91 Å². The van der Waals surface area contributed by atoms with E-state index in [1.165, 1.54) is 0 Å². The number of nitrogens with one attached hydrogen (secondary N) is 1. The first-order chi connectivity index (χ1) is 18.5. The Morgan fingerprint density at radius 1 is 0.846 bits per heavy atom. The van der Waals surface area contributed by atoms with Gasteiger partial charge in [-0.1, -0.05) is 105 Å². The molecule has 0 aromatic heterocycles. The normalized spacial score (nSPS) is 15.1. The largest absolute Gasteiger partial charge is 0.466 e. The van der Waals surface area contributed by atoms with E-state index in [-0.39, 0.29) is 35.8 Å². The van der Waals surface area contributed by atoms with E-state index in [9.17, 15) is 9.59 Å². The summed E-state index contributed by atoms with van der Waals surface area (Å²) in [6, 6.07) is 20.8. The molecule has 0 saturated carbocycles. The van der Waals surface area contributed by atoms with E-state index in [1.54, 1.807) is 0 Å². The number of rotatable bonds is 16. The van der Waals surface area contributed by atoms with Gasteiger partial charge in [0.15, 0.2) is 0 Å². The van der Waals surface area contributed by atoms with E-state index in [0.717, 1.165) is 17.2 Å². The minimum atomic E-state index is -1.31. The third kappa shape index (κ3) is 14.1. The van der Waals surface area contributed by atoms with E-state index in [0.29, 0.717) is 32.3 Å². The fourth-order valence-corrected chi connectivity index (χ4v) is 5.05. The van der Waals surface area contributed by atoms with Gasteiger partial charge in [0.25, 0.3) is 0 Å². The number of carbonyl (C=O) groups is 2. The first-order valence-corrected chi connectivity index (χ1v) is 17.9. The summed E-state index contributed by atoms with van der Waals surface area (Å²) in [5.41, 5.74) is 8.27. The molecule has 212 valence electrons. The molecule has 0 bridgehead atoms. The lowest BCUT2D eigenvalue weighted by Gasteiger charge is -2.24. The van der Waals surface area contributed by atoms with Crippen molar-refractivity contribution < 1.29 is 14.3 Å². The van der Waals surface area contributed by atoms with Gasteiger partial charge in [-0.2, -0.15) is 0 Å². The van der Waals surface area contributed by atoms with Crippen molar-refractivity contribution in [3.05, 3.63) is 83.9 Å². The lowest BCUT2D eigenvalue weighted by atomic mass is 9.93. The van der Waals surface area contributed by atoms with Crippen LogP contribution in [0.4, 0.5) is 0 Å². The molecule has 4 atom stereocenters. The van der Waals surface area contributed by atoms with Crippen LogP contribution in [0.25, 0.3) is 12.2 Å². The maximum Gasteiger partial charge on any atom is 0.309 e. The number of hydrogen-bond donors (Lipinski definition) is 2. The van der Waals surface area contributed by atoms with Crippen LogP contribution in [0.15, 0.2) is 72.8 Å². The van der Waals surface area contributed by atoms with Crippen LogP contribution in [-0.4, -0.2) is 38.6 Å². The third-order valence-electron chi connectivity index (χ3n) is 6.54. The van der Waals surface area contributed by atoms with Gasteiger partial charge in [0.05, 0.1) is 12.5 Å². The molecule has 5 nitrogen and oxygen atoms in total. The molecule has 0 unspecified atom stereocenters. The molecule has 6 heteroatoms. The Morgan fingerprint density at radius 2 is 1.36 bits per heavy atom. The number of hydrogen-bond acceptors (Lipinski definition) is 4. The Hall–Kier alpha value is -2.96. The van der Waals surface area contributed by atoms with Gasteiger partial charge in [-0.3, -0.25) is 9.59 Å². The molecule has 0 heterocycles. The van der Waals surface area contributed by atoms with Crippen LogP contribution < -0.4 is 11.1 Å². The zero-order valence-electron chi connectivity index (χ0n) is 24.4. The summed E-state index contributed by atoms with van der Waals surface area (Å²) >= 11 is 0. The van der Waals surface area contributed by atoms with Crippen LogP contribution in [0.3, 0.4) is 0 Å². The second kappa shape index (κ2) is 16.9. The van der Waals surface area contributed by atoms with Crippen LogP contribution in [0.2, 0.25) is 25.7 Å². The number of benzene rings is 2. The molecule has 3 N–H and O–H groups in total. The highest BCUT2D eigenvalue weighted by molar-refractivity contribution is 6.76. The maximum absolute atomic E-state index is 13.2. The van der Waals surface area contributed by atoms with Gasteiger partial charge >= 0.3 is 5.97 Å². The quantitative estimate of drug-likeness (QED) is 0.176. The first-order valence-electron chi connectivity index (χ1n) is 14.2. The average Bonchev–Trinajstić information content (AvgIpc) is 2.87. The lowest BCUT2D eigenvalue weighted by Crippen LogP contribution is -2.40. The number of carbonyl (C=O) groups excluding carboxylic acids is 2. The topological polar surface area (TPSA) is 81.4 Å². The van der Waals surface area contributed by atoms with E-state index in [2.05, 4.69) is 25.0 Å². The molecule has 1 amide bonds. The summed E-state index contributed by atoms with van der Waals surface area (Å²) in [5, 5.41) is 3.15.